The van der Waals surface area contributed by atoms with Gasteiger partial charge >= 0.3 is 0 Å². The molecule has 4 nitrogen and oxygen atoms in total. The highest BCUT2D eigenvalue weighted by molar-refractivity contribution is 5.84. The molecule has 1 aromatic heterocycles. The van der Waals surface area contributed by atoms with Gasteiger partial charge in [0.1, 0.15) is 0 Å². The number of carbonyl (C=O) groups is 1. The van der Waals surface area contributed by atoms with E-state index in [1.807, 2.05) is 24.4 Å². The summed E-state index contributed by atoms with van der Waals surface area (Å²) in [4.78, 5) is 15.0. The fourth-order valence-electron chi connectivity index (χ4n) is 2.49. The molecule has 0 aliphatic heterocycles. The van der Waals surface area contributed by atoms with Gasteiger partial charge in [-0.1, -0.05) is 31.0 Å². The highest BCUT2D eigenvalue weighted by Crippen LogP contribution is 2.18. The van der Waals surface area contributed by atoms with Gasteiger partial charge in [-0.05, 0) is 30.9 Å². The second kappa shape index (κ2) is 8.47. The monoisotopic (exact) mass is 288 g/mol. The van der Waals surface area contributed by atoms with Crippen LogP contribution in [0, 0.1) is 0 Å². The Kier molecular flexibility index (Phi) is 6.28. The molecule has 0 radical (unpaired) electrons. The van der Waals surface area contributed by atoms with Crippen LogP contribution in [0.3, 0.4) is 0 Å². The number of aliphatic hydroxyl groups excluding tert-OH is 1. The lowest BCUT2D eigenvalue weighted by Crippen LogP contribution is -2.24. The van der Waals surface area contributed by atoms with Crippen LogP contribution in [0.5, 0.6) is 0 Å². The van der Waals surface area contributed by atoms with E-state index < -0.39 is 0 Å². The van der Waals surface area contributed by atoms with Gasteiger partial charge in [0.15, 0.2) is 0 Å². The Morgan fingerprint density at radius 1 is 1.14 bits per heavy atom. The first-order valence-electron chi connectivity index (χ1n) is 7.74. The summed E-state index contributed by atoms with van der Waals surface area (Å²) in [5, 5.41) is 12.8. The van der Waals surface area contributed by atoms with Crippen molar-refractivity contribution in [3.8, 4) is 0 Å². The number of unbranched alkanes of at least 4 members (excludes halogenated alkanes) is 3. The Balaban J connectivity index is 1.67. The van der Waals surface area contributed by atoms with Crippen LogP contribution in [0.25, 0.3) is 10.9 Å². The van der Waals surface area contributed by atoms with Gasteiger partial charge in [0.25, 0.3) is 0 Å². The summed E-state index contributed by atoms with van der Waals surface area (Å²) in [5.74, 6) is 0.113. The Morgan fingerprint density at radius 2 is 1.95 bits per heavy atom. The van der Waals surface area contributed by atoms with E-state index in [2.05, 4.69) is 16.4 Å². The molecule has 0 saturated carbocycles. The topological polar surface area (TPSA) is 65.1 Å². The molecular weight excluding hydrogens is 264 g/mol. The third-order valence-corrected chi connectivity index (χ3v) is 3.70. The molecule has 0 saturated heterocycles. The van der Waals surface area contributed by atoms with Crippen molar-refractivity contribution in [2.75, 3.05) is 13.2 Å². The first kappa shape index (κ1) is 15.6. The Hall–Kier alpha value is -1.81. The van der Waals surface area contributed by atoms with Crippen molar-refractivity contribution in [3.05, 3.63) is 36.0 Å². The lowest BCUT2D eigenvalue weighted by atomic mass is 10.1. The predicted octanol–water partition coefficient (Wildman–Crippen LogP) is 2.77. The number of fused-ring (bicyclic) bond motifs is 1. The van der Waals surface area contributed by atoms with Crippen LogP contribution in [0.2, 0.25) is 0 Å². The van der Waals surface area contributed by atoms with Crippen LogP contribution in [0.1, 0.15) is 37.7 Å². The van der Waals surface area contributed by atoms with Crippen molar-refractivity contribution in [2.45, 2.75) is 38.5 Å². The normalized spacial score (nSPS) is 10.9. The molecule has 0 spiro atoms. The zero-order valence-electron chi connectivity index (χ0n) is 12.4. The summed E-state index contributed by atoms with van der Waals surface area (Å²) < 4.78 is 0. The van der Waals surface area contributed by atoms with Crippen LogP contribution in [0.4, 0.5) is 0 Å². The lowest BCUT2D eigenvalue weighted by molar-refractivity contribution is -0.121. The third kappa shape index (κ3) is 4.90. The fourth-order valence-corrected chi connectivity index (χ4v) is 2.49. The lowest BCUT2D eigenvalue weighted by Gasteiger charge is -2.05. The number of H-pyrrole nitrogens is 1. The van der Waals surface area contributed by atoms with Gasteiger partial charge in [0.05, 0.1) is 0 Å². The van der Waals surface area contributed by atoms with Gasteiger partial charge in [-0.3, -0.25) is 4.79 Å². The maximum atomic E-state index is 11.8. The maximum absolute atomic E-state index is 11.8. The fraction of sp³-hybridized carbons (Fsp3) is 0.471. The number of benzene rings is 1. The van der Waals surface area contributed by atoms with Crippen molar-refractivity contribution in [3.63, 3.8) is 0 Å². The number of aryl methyl sites for hydroxylation is 1. The second-order valence-electron chi connectivity index (χ2n) is 5.35. The Labute approximate surface area is 125 Å². The number of hydrogen-bond donors (Lipinski definition) is 3. The Bertz CT molecular complexity index is 563. The number of aromatic amines is 1. The van der Waals surface area contributed by atoms with E-state index >= 15 is 0 Å². The summed E-state index contributed by atoms with van der Waals surface area (Å²) in [6, 6.07) is 8.16. The summed E-state index contributed by atoms with van der Waals surface area (Å²) in [6.45, 7) is 0.995. The zero-order chi connectivity index (χ0) is 14.9. The molecule has 3 N–H and O–H groups in total. The summed E-state index contributed by atoms with van der Waals surface area (Å²) >= 11 is 0. The largest absolute Gasteiger partial charge is 0.396 e. The molecule has 2 aromatic rings. The van der Waals surface area contributed by atoms with Gasteiger partial charge < -0.3 is 15.4 Å². The molecule has 1 heterocycles. The van der Waals surface area contributed by atoms with E-state index in [1.165, 1.54) is 10.9 Å². The van der Waals surface area contributed by atoms with Gasteiger partial charge in [-0.15, -0.1) is 0 Å². The van der Waals surface area contributed by atoms with E-state index in [4.69, 9.17) is 5.11 Å². The quantitative estimate of drug-likeness (QED) is 0.621. The van der Waals surface area contributed by atoms with E-state index in [1.54, 1.807) is 0 Å². The number of para-hydroxylation sites is 1. The van der Waals surface area contributed by atoms with Crippen LogP contribution in [-0.2, 0) is 11.2 Å². The number of aromatic nitrogens is 1. The van der Waals surface area contributed by atoms with Gasteiger partial charge in [-0.25, -0.2) is 0 Å². The molecule has 21 heavy (non-hydrogen) atoms. The molecule has 4 heteroatoms. The van der Waals surface area contributed by atoms with Crippen LogP contribution in [0.15, 0.2) is 30.5 Å². The van der Waals surface area contributed by atoms with Crippen molar-refractivity contribution in [1.29, 1.82) is 0 Å². The van der Waals surface area contributed by atoms with Crippen molar-refractivity contribution < 1.29 is 9.90 Å². The average molecular weight is 288 g/mol. The minimum absolute atomic E-state index is 0.113. The highest BCUT2D eigenvalue weighted by atomic mass is 16.2. The molecule has 1 aromatic carbocycles. The van der Waals surface area contributed by atoms with E-state index in [-0.39, 0.29) is 12.5 Å². The molecule has 0 aliphatic rings. The summed E-state index contributed by atoms with van der Waals surface area (Å²) in [5.41, 5.74) is 2.32. The van der Waals surface area contributed by atoms with E-state index in [0.29, 0.717) is 6.42 Å². The first-order chi connectivity index (χ1) is 10.3. The van der Waals surface area contributed by atoms with Crippen LogP contribution >= 0.6 is 0 Å². The van der Waals surface area contributed by atoms with Gasteiger partial charge in [0, 0.05) is 36.7 Å². The number of carbonyl (C=O) groups excluding carboxylic acids is 1. The third-order valence-electron chi connectivity index (χ3n) is 3.70. The minimum Gasteiger partial charge on any atom is -0.396 e. The number of amides is 1. The first-order valence-corrected chi connectivity index (χ1v) is 7.74. The average Bonchev–Trinajstić information content (AvgIpc) is 2.92. The van der Waals surface area contributed by atoms with E-state index in [0.717, 1.165) is 44.2 Å². The molecule has 0 unspecified atom stereocenters. The molecule has 0 fully saturated rings. The molecule has 114 valence electrons. The molecule has 2 rings (SSSR count). The highest BCUT2D eigenvalue weighted by Gasteiger charge is 2.06. The standard InChI is InChI=1S/C17H24N2O2/c20-12-6-2-1-5-11-18-17(21)10-9-14-13-19-16-8-4-3-7-15(14)16/h3-4,7-8,13,19-20H,1-2,5-6,9-12H2,(H,18,21). The molecule has 0 atom stereocenters. The number of hydrogen-bond acceptors (Lipinski definition) is 2. The number of nitrogens with one attached hydrogen (secondary N) is 2. The number of aliphatic hydroxyl groups is 1. The molecule has 0 aliphatic carbocycles. The van der Waals surface area contributed by atoms with Gasteiger partial charge in [0.2, 0.25) is 5.91 Å². The van der Waals surface area contributed by atoms with Crippen molar-refractivity contribution >= 4 is 16.8 Å². The summed E-state index contributed by atoms with van der Waals surface area (Å²) in [7, 11) is 0. The van der Waals surface area contributed by atoms with Crippen LogP contribution in [-0.4, -0.2) is 29.1 Å². The SMILES string of the molecule is O=C(CCc1c[nH]c2ccccc12)NCCCCCCO. The smallest absolute Gasteiger partial charge is 0.220 e. The maximum Gasteiger partial charge on any atom is 0.220 e. The minimum atomic E-state index is 0.113. The molecule has 1 amide bonds. The predicted molar refractivity (Wildman–Crippen MR) is 85.2 cm³/mol. The Morgan fingerprint density at radius 3 is 2.81 bits per heavy atom. The van der Waals surface area contributed by atoms with E-state index in [9.17, 15) is 4.79 Å². The summed E-state index contributed by atoms with van der Waals surface area (Å²) in [6.07, 6.45) is 7.21. The molecular formula is C17H24N2O2. The van der Waals surface area contributed by atoms with Crippen LogP contribution < -0.4 is 5.32 Å². The molecule has 0 bridgehead atoms. The van der Waals surface area contributed by atoms with Crippen molar-refractivity contribution in [1.82, 2.24) is 10.3 Å². The second-order valence-corrected chi connectivity index (χ2v) is 5.35. The zero-order valence-corrected chi connectivity index (χ0v) is 12.4. The van der Waals surface area contributed by atoms with Crippen molar-refractivity contribution in [2.24, 2.45) is 0 Å². The number of rotatable bonds is 9. The van der Waals surface area contributed by atoms with Gasteiger partial charge in [-0.2, -0.15) is 0 Å².